The van der Waals surface area contributed by atoms with E-state index in [1.54, 1.807) is 0 Å². The zero-order chi connectivity index (χ0) is 80.8. The summed E-state index contributed by atoms with van der Waals surface area (Å²) in [5.41, 5.74) is 0. The molecule has 0 amide bonds. The van der Waals surface area contributed by atoms with E-state index in [4.69, 9.17) is 32.3 Å². The molecule has 5 atom stereocenters. The van der Waals surface area contributed by atoms with E-state index in [-0.39, 0.29) is 19.3 Å². The molecule has 5 unspecified atom stereocenters. The molecule has 0 aromatic carbocycles. The second-order valence-electron chi connectivity index (χ2n) is 29.3. The molecule has 638 valence electrons. The number of phosphoric acid groups is 2. The standard InChI is InChI=1S/C93H160O16P2/c1-4-7-10-13-16-19-22-25-28-31-33-35-37-38-39-40-41-42-43-44-45-46-47-48-50-52-53-56-58-61-64-67-70-73-76-79-91(96)103-82-88(94)83-105-110(99,100)106-84-89(95)85-107-111(101,102)108-87-90(109-93(98)81-78-75-72-69-66-63-60-55-30-27-24-21-18-15-12-9-6-3)86-104-92(97)80-77-74-71-68-65-62-59-57-54-51-49-36-34-32-29-26-23-20-17-14-11-8-5-2/h7,9-10,12,16-21,25-30,33-36,38-39,51,54,88-90,94-95H,4-6,8,11,13-15,22-24,31-32,37,40-50,52-53,55-87H2,1-3H3,(H,99,100)(H,101,102)/b10-7-,12-9-,19-16-,20-17-,21-18-,28-25-,29-26-,30-27-,35-33-,36-34-,39-38-,54-51-. The molecule has 4 N–H and O–H groups in total. The summed E-state index contributed by atoms with van der Waals surface area (Å²) >= 11 is 0. The number of allylic oxidation sites excluding steroid dienone is 24. The van der Waals surface area contributed by atoms with Gasteiger partial charge in [-0.05, 0) is 141 Å². The van der Waals surface area contributed by atoms with Gasteiger partial charge in [-0.25, -0.2) is 9.13 Å². The lowest BCUT2D eigenvalue weighted by atomic mass is 10.0. The van der Waals surface area contributed by atoms with Crippen molar-refractivity contribution in [2.24, 2.45) is 0 Å². The smallest absolute Gasteiger partial charge is 0.463 e. The number of phosphoric ester groups is 2. The van der Waals surface area contributed by atoms with Crippen LogP contribution in [0.2, 0.25) is 0 Å². The normalized spacial score (nSPS) is 14.5. The predicted molar refractivity (Wildman–Crippen MR) is 463 cm³/mol. The number of hydrogen-bond donors (Lipinski definition) is 4. The Bertz CT molecular complexity index is 2600. The van der Waals surface area contributed by atoms with Crippen molar-refractivity contribution in [1.82, 2.24) is 0 Å². The highest BCUT2D eigenvalue weighted by Crippen LogP contribution is 2.45. The van der Waals surface area contributed by atoms with Gasteiger partial charge in [0.2, 0.25) is 0 Å². The maximum absolute atomic E-state index is 13.0. The van der Waals surface area contributed by atoms with Crippen molar-refractivity contribution < 1.29 is 75.8 Å². The Morgan fingerprint density at radius 3 is 0.757 bits per heavy atom. The first kappa shape index (κ1) is 106. The minimum absolute atomic E-state index is 0.0883. The summed E-state index contributed by atoms with van der Waals surface area (Å²) in [6, 6.07) is 0. The molecule has 0 aliphatic carbocycles. The minimum atomic E-state index is -4.94. The van der Waals surface area contributed by atoms with Crippen LogP contribution >= 0.6 is 15.6 Å². The highest BCUT2D eigenvalue weighted by atomic mass is 31.2. The number of aliphatic hydroxyl groups is 2. The maximum atomic E-state index is 13.0. The van der Waals surface area contributed by atoms with Crippen LogP contribution in [0, 0.1) is 0 Å². The molecule has 0 bridgehead atoms. The zero-order valence-corrected chi connectivity index (χ0v) is 71.9. The third-order valence-corrected chi connectivity index (χ3v) is 20.4. The van der Waals surface area contributed by atoms with Gasteiger partial charge in [-0.3, -0.25) is 32.5 Å². The summed E-state index contributed by atoms with van der Waals surface area (Å²) in [6.07, 6.45) is 106. The van der Waals surface area contributed by atoms with Crippen LogP contribution in [-0.2, 0) is 55.8 Å². The van der Waals surface area contributed by atoms with Gasteiger partial charge in [-0.1, -0.05) is 353 Å². The van der Waals surface area contributed by atoms with Crippen molar-refractivity contribution in [3.8, 4) is 0 Å². The molecule has 0 saturated carbocycles. The van der Waals surface area contributed by atoms with Crippen LogP contribution in [0.3, 0.4) is 0 Å². The molecule has 0 heterocycles. The Morgan fingerprint density at radius 2 is 0.477 bits per heavy atom. The SMILES string of the molecule is CC/C=C\C/C=C\C/C=C\C/C=C\C/C=C\CCCCCCCCCCCCCCCCCCCCCC(=O)OCC(O)COP(=O)(O)OCC(O)COP(=O)(O)OCC(COC(=O)CCCCCCCCC/C=C\C/C=C\C/C=C\C/C=C\CCCCC)OC(=O)CCCCCCCCC/C=C\C/C=C\C/C=C\CC. The highest BCUT2D eigenvalue weighted by molar-refractivity contribution is 7.47. The molecule has 111 heavy (non-hydrogen) atoms. The lowest BCUT2D eigenvalue weighted by molar-refractivity contribution is -0.161. The van der Waals surface area contributed by atoms with Gasteiger partial charge in [0.1, 0.15) is 25.4 Å². The molecular formula is C93H160O16P2. The van der Waals surface area contributed by atoms with Gasteiger partial charge in [0.15, 0.2) is 6.10 Å². The molecule has 0 rings (SSSR count). The number of esters is 3. The van der Waals surface area contributed by atoms with Crippen LogP contribution in [0.1, 0.15) is 367 Å². The fourth-order valence-corrected chi connectivity index (χ4v) is 13.5. The Morgan fingerprint density at radius 1 is 0.261 bits per heavy atom. The molecule has 0 aromatic heterocycles. The number of hydrogen-bond acceptors (Lipinski definition) is 14. The Hall–Kier alpha value is -4.57. The molecule has 0 radical (unpaired) electrons. The van der Waals surface area contributed by atoms with Crippen LogP contribution in [0.5, 0.6) is 0 Å². The van der Waals surface area contributed by atoms with Gasteiger partial charge < -0.3 is 34.2 Å². The average Bonchev–Trinajstić information content (AvgIpc) is 0.901. The van der Waals surface area contributed by atoms with Crippen molar-refractivity contribution in [2.75, 3.05) is 39.6 Å². The van der Waals surface area contributed by atoms with Crippen LogP contribution < -0.4 is 0 Å². The van der Waals surface area contributed by atoms with E-state index >= 15 is 0 Å². The van der Waals surface area contributed by atoms with E-state index < -0.39 is 91.5 Å². The summed E-state index contributed by atoms with van der Waals surface area (Å²) in [6.45, 7) is 2.44. The van der Waals surface area contributed by atoms with Crippen LogP contribution in [0.15, 0.2) is 146 Å². The van der Waals surface area contributed by atoms with Crippen molar-refractivity contribution in [2.45, 2.75) is 386 Å². The van der Waals surface area contributed by atoms with Gasteiger partial charge in [0.25, 0.3) is 0 Å². The van der Waals surface area contributed by atoms with Gasteiger partial charge in [-0.2, -0.15) is 0 Å². The van der Waals surface area contributed by atoms with Gasteiger partial charge in [-0.15, -0.1) is 0 Å². The highest BCUT2D eigenvalue weighted by Gasteiger charge is 2.29. The third-order valence-electron chi connectivity index (χ3n) is 18.5. The minimum Gasteiger partial charge on any atom is -0.463 e. The van der Waals surface area contributed by atoms with Crippen molar-refractivity contribution in [3.05, 3.63) is 146 Å². The third kappa shape index (κ3) is 86.1. The first-order chi connectivity index (χ1) is 54.2. The lowest BCUT2D eigenvalue weighted by Crippen LogP contribution is -2.30. The van der Waals surface area contributed by atoms with E-state index in [1.807, 2.05) is 0 Å². The van der Waals surface area contributed by atoms with Crippen molar-refractivity contribution in [3.63, 3.8) is 0 Å². The van der Waals surface area contributed by atoms with Gasteiger partial charge >= 0.3 is 33.6 Å². The molecule has 0 aromatic rings. The van der Waals surface area contributed by atoms with Crippen LogP contribution in [0.4, 0.5) is 0 Å². The van der Waals surface area contributed by atoms with E-state index in [9.17, 15) is 43.5 Å². The number of carbonyl (C=O) groups is 3. The Labute approximate surface area is 677 Å². The molecule has 0 fully saturated rings. The fourth-order valence-electron chi connectivity index (χ4n) is 11.9. The number of unbranched alkanes of at least 4 members (excludes halogenated alkanes) is 36. The molecular weight excluding hydrogens is 1430 g/mol. The van der Waals surface area contributed by atoms with Gasteiger partial charge in [0.05, 0.1) is 26.4 Å². The fraction of sp³-hybridized carbons (Fsp3) is 0.710. The Balaban J connectivity index is 4.46. The molecule has 0 aliphatic heterocycles. The summed E-state index contributed by atoms with van der Waals surface area (Å²) in [5.74, 6) is -1.59. The van der Waals surface area contributed by atoms with E-state index in [0.29, 0.717) is 19.3 Å². The number of carbonyl (C=O) groups excluding carboxylic acids is 3. The quantitative estimate of drug-likeness (QED) is 0.0146. The molecule has 0 aliphatic rings. The topological polar surface area (TPSA) is 231 Å². The van der Waals surface area contributed by atoms with E-state index in [0.717, 1.165) is 180 Å². The monoisotopic (exact) mass is 1600 g/mol. The maximum Gasteiger partial charge on any atom is 0.472 e. The zero-order valence-electron chi connectivity index (χ0n) is 70.1. The molecule has 16 nitrogen and oxygen atoms in total. The summed E-state index contributed by atoms with van der Waals surface area (Å²) in [7, 11) is -9.81. The second-order valence-corrected chi connectivity index (χ2v) is 32.2. The van der Waals surface area contributed by atoms with Crippen LogP contribution in [0.25, 0.3) is 0 Å². The van der Waals surface area contributed by atoms with Crippen molar-refractivity contribution >= 4 is 33.6 Å². The first-order valence-corrected chi connectivity index (χ1v) is 47.1. The van der Waals surface area contributed by atoms with E-state index in [2.05, 4.69) is 167 Å². The molecule has 0 saturated heterocycles. The number of rotatable bonds is 83. The summed E-state index contributed by atoms with van der Waals surface area (Å²) in [5, 5.41) is 20.7. The molecule has 18 heteroatoms. The lowest BCUT2D eigenvalue weighted by Gasteiger charge is -2.21. The largest absolute Gasteiger partial charge is 0.472 e. The molecule has 0 spiro atoms. The summed E-state index contributed by atoms with van der Waals surface area (Å²) in [4.78, 5) is 58.8. The summed E-state index contributed by atoms with van der Waals surface area (Å²) < 4.78 is 61.3. The second kappa shape index (κ2) is 84.8. The van der Waals surface area contributed by atoms with Crippen LogP contribution in [-0.4, -0.2) is 95.9 Å². The number of ether oxygens (including phenoxy) is 3. The van der Waals surface area contributed by atoms with Crippen molar-refractivity contribution in [1.29, 1.82) is 0 Å². The van der Waals surface area contributed by atoms with Gasteiger partial charge in [0, 0.05) is 19.3 Å². The van der Waals surface area contributed by atoms with E-state index in [1.165, 1.54) is 128 Å². The first-order valence-electron chi connectivity index (χ1n) is 44.1. The average molecular weight is 1600 g/mol. The number of aliphatic hydroxyl groups excluding tert-OH is 2. The Kier molecular flexibility index (Phi) is 81.3. The predicted octanol–water partition coefficient (Wildman–Crippen LogP) is 26.8.